The lowest BCUT2D eigenvalue weighted by Crippen LogP contribution is -2.32. The first kappa shape index (κ1) is 30.2. The molecule has 8 nitrogen and oxygen atoms in total. The standard InChI is InChI=1S/C28H29Cl2N3O5S/c1-15-24(27(35)38-28(2,3)4)25(16-7-9-17(29)10-8-16)18(13-31)26(32-15)39-14-23(34)33-20-12-21(36-5)19(30)11-22(20)37-6/h7-12,25,32H,14H2,1-6H3,(H,33,34)/t25-/m0/s1. The van der Waals surface area contributed by atoms with Crippen molar-refractivity contribution in [1.82, 2.24) is 5.32 Å². The molecule has 0 aliphatic carbocycles. The summed E-state index contributed by atoms with van der Waals surface area (Å²) in [6.45, 7) is 7.07. The van der Waals surface area contributed by atoms with Gasteiger partial charge in [-0.2, -0.15) is 5.26 Å². The molecule has 0 radical (unpaired) electrons. The molecule has 0 saturated carbocycles. The van der Waals surface area contributed by atoms with Crippen LogP contribution in [-0.4, -0.2) is 37.4 Å². The van der Waals surface area contributed by atoms with Gasteiger partial charge in [-0.3, -0.25) is 4.79 Å². The predicted molar refractivity (Wildman–Crippen MR) is 154 cm³/mol. The number of methoxy groups -OCH3 is 2. The number of nitrogens with zero attached hydrogens (tertiary/aromatic N) is 1. The minimum absolute atomic E-state index is 0.0377. The summed E-state index contributed by atoms with van der Waals surface area (Å²) in [6.07, 6.45) is 0. The van der Waals surface area contributed by atoms with E-state index in [2.05, 4.69) is 16.7 Å². The fourth-order valence-electron chi connectivity index (χ4n) is 3.90. The van der Waals surface area contributed by atoms with Gasteiger partial charge < -0.3 is 24.8 Å². The van der Waals surface area contributed by atoms with Crippen LogP contribution in [0.4, 0.5) is 5.69 Å². The molecule has 2 aromatic carbocycles. The number of nitrogens with one attached hydrogen (secondary N) is 2. The van der Waals surface area contributed by atoms with Crippen molar-refractivity contribution in [3.05, 3.63) is 73.9 Å². The Hall–Kier alpha value is -3.32. The van der Waals surface area contributed by atoms with Gasteiger partial charge in [0.05, 0.1) is 58.8 Å². The van der Waals surface area contributed by atoms with Gasteiger partial charge in [-0.05, 0) is 45.4 Å². The minimum Gasteiger partial charge on any atom is -0.495 e. The monoisotopic (exact) mass is 589 g/mol. The van der Waals surface area contributed by atoms with Crippen molar-refractivity contribution in [2.45, 2.75) is 39.2 Å². The van der Waals surface area contributed by atoms with Crippen molar-refractivity contribution in [2.75, 3.05) is 25.3 Å². The highest BCUT2D eigenvalue weighted by atomic mass is 35.5. The number of anilines is 1. The third-order valence-electron chi connectivity index (χ3n) is 5.57. The van der Waals surface area contributed by atoms with E-state index in [-0.39, 0.29) is 17.2 Å². The van der Waals surface area contributed by atoms with Crippen LogP contribution < -0.4 is 20.1 Å². The summed E-state index contributed by atoms with van der Waals surface area (Å²) < 4.78 is 16.2. The number of esters is 1. The van der Waals surface area contributed by atoms with Crippen LogP contribution in [0.25, 0.3) is 0 Å². The summed E-state index contributed by atoms with van der Waals surface area (Å²) in [4.78, 5) is 26.2. The molecule has 1 aliphatic heterocycles. The van der Waals surface area contributed by atoms with E-state index in [9.17, 15) is 14.9 Å². The van der Waals surface area contributed by atoms with E-state index < -0.39 is 17.5 Å². The van der Waals surface area contributed by atoms with Gasteiger partial charge in [0.2, 0.25) is 5.91 Å². The van der Waals surface area contributed by atoms with E-state index in [0.29, 0.717) is 49.1 Å². The summed E-state index contributed by atoms with van der Waals surface area (Å²) in [7, 11) is 2.94. The van der Waals surface area contributed by atoms with Crippen molar-refractivity contribution >= 4 is 52.5 Å². The number of thioether (sulfide) groups is 1. The molecule has 1 amide bonds. The lowest BCUT2D eigenvalue weighted by Gasteiger charge is -2.31. The molecular weight excluding hydrogens is 561 g/mol. The molecule has 0 aromatic heterocycles. The molecule has 2 N–H and O–H groups in total. The predicted octanol–water partition coefficient (Wildman–Crippen LogP) is 6.42. The number of rotatable bonds is 8. The van der Waals surface area contributed by atoms with E-state index in [4.69, 9.17) is 37.4 Å². The summed E-state index contributed by atoms with van der Waals surface area (Å²) >= 11 is 13.4. The molecule has 3 rings (SSSR count). The zero-order valence-electron chi connectivity index (χ0n) is 22.4. The fourth-order valence-corrected chi connectivity index (χ4v) is 5.15. The lowest BCUT2D eigenvalue weighted by molar-refractivity contribution is -0.150. The third-order valence-corrected chi connectivity index (χ3v) is 7.13. The number of amides is 1. The van der Waals surface area contributed by atoms with Crippen LogP contribution in [0.3, 0.4) is 0 Å². The average Bonchev–Trinajstić information content (AvgIpc) is 2.87. The van der Waals surface area contributed by atoms with E-state index in [1.165, 1.54) is 14.2 Å². The fraction of sp³-hybridized carbons (Fsp3) is 0.321. The number of benzene rings is 2. The number of dihydropyridines is 1. The Balaban J connectivity index is 1.92. The zero-order valence-corrected chi connectivity index (χ0v) is 24.7. The van der Waals surface area contributed by atoms with Gasteiger partial charge in [-0.25, -0.2) is 4.79 Å². The molecule has 0 bridgehead atoms. The van der Waals surface area contributed by atoms with Crippen molar-refractivity contribution in [3.8, 4) is 17.6 Å². The number of allylic oxidation sites excluding steroid dienone is 2. The van der Waals surface area contributed by atoms with Crippen LogP contribution >= 0.6 is 35.0 Å². The van der Waals surface area contributed by atoms with E-state index in [1.807, 2.05) is 0 Å². The second kappa shape index (κ2) is 12.7. The Kier molecular flexibility index (Phi) is 9.83. The number of hydrogen-bond donors (Lipinski definition) is 2. The topological polar surface area (TPSA) is 110 Å². The molecule has 2 aromatic rings. The van der Waals surface area contributed by atoms with Crippen molar-refractivity contribution in [3.63, 3.8) is 0 Å². The number of hydrogen-bond acceptors (Lipinski definition) is 8. The maximum Gasteiger partial charge on any atom is 0.337 e. The molecule has 0 unspecified atom stereocenters. The summed E-state index contributed by atoms with van der Waals surface area (Å²) in [5.74, 6) is -0.887. The molecule has 1 aliphatic rings. The average molecular weight is 591 g/mol. The van der Waals surface area contributed by atoms with Crippen LogP contribution in [0.2, 0.25) is 10.0 Å². The number of carbonyl (C=O) groups excluding carboxylic acids is 2. The van der Waals surface area contributed by atoms with Gasteiger partial charge in [0, 0.05) is 22.9 Å². The first-order valence-corrected chi connectivity index (χ1v) is 13.6. The summed E-state index contributed by atoms with van der Waals surface area (Å²) in [5.41, 5.74) is 1.47. The van der Waals surface area contributed by atoms with Gasteiger partial charge in [0.1, 0.15) is 17.1 Å². The molecule has 11 heteroatoms. The SMILES string of the molecule is COc1cc(NC(=O)CSC2=C(C#N)[C@H](c3ccc(Cl)cc3)C(C(=O)OC(C)(C)C)=C(C)N2)c(OC)cc1Cl. The number of ether oxygens (including phenoxy) is 3. The highest BCUT2D eigenvalue weighted by Crippen LogP contribution is 2.42. The second-order valence-corrected chi connectivity index (χ2v) is 11.4. The Morgan fingerprint density at radius 1 is 1.10 bits per heavy atom. The van der Waals surface area contributed by atoms with Crippen molar-refractivity contribution < 1.29 is 23.8 Å². The molecule has 39 heavy (non-hydrogen) atoms. The van der Waals surface area contributed by atoms with Crippen LogP contribution in [0.1, 0.15) is 39.2 Å². The smallest absolute Gasteiger partial charge is 0.337 e. The van der Waals surface area contributed by atoms with Crippen LogP contribution in [0, 0.1) is 11.3 Å². The first-order chi connectivity index (χ1) is 18.4. The molecule has 0 spiro atoms. The van der Waals surface area contributed by atoms with Gasteiger partial charge in [0.25, 0.3) is 0 Å². The maximum absolute atomic E-state index is 13.3. The van der Waals surface area contributed by atoms with Crippen LogP contribution in [0.5, 0.6) is 11.5 Å². The highest BCUT2D eigenvalue weighted by Gasteiger charge is 2.37. The minimum atomic E-state index is -0.732. The quantitative estimate of drug-likeness (QED) is 0.339. The molecule has 0 saturated heterocycles. The molecule has 206 valence electrons. The maximum atomic E-state index is 13.3. The van der Waals surface area contributed by atoms with E-state index in [1.54, 1.807) is 64.1 Å². The highest BCUT2D eigenvalue weighted by molar-refractivity contribution is 8.03. The molecular formula is C28H29Cl2N3O5S. The van der Waals surface area contributed by atoms with Crippen molar-refractivity contribution in [2.24, 2.45) is 0 Å². The van der Waals surface area contributed by atoms with Crippen LogP contribution in [-0.2, 0) is 14.3 Å². The zero-order chi connectivity index (χ0) is 28.9. The lowest BCUT2D eigenvalue weighted by atomic mass is 9.82. The Morgan fingerprint density at radius 3 is 2.31 bits per heavy atom. The number of carbonyl (C=O) groups is 2. The van der Waals surface area contributed by atoms with Crippen molar-refractivity contribution in [1.29, 1.82) is 5.26 Å². The van der Waals surface area contributed by atoms with Gasteiger partial charge in [-0.15, -0.1) is 0 Å². The summed E-state index contributed by atoms with van der Waals surface area (Å²) in [6, 6.07) is 12.3. The number of halogens is 2. The molecule has 1 heterocycles. The third kappa shape index (κ3) is 7.41. The number of nitriles is 1. The molecule has 0 fully saturated rings. The van der Waals surface area contributed by atoms with Gasteiger partial charge in [-0.1, -0.05) is 47.1 Å². The van der Waals surface area contributed by atoms with E-state index in [0.717, 1.165) is 11.8 Å². The molecule has 1 atom stereocenters. The Bertz CT molecular complexity index is 1380. The second-order valence-electron chi connectivity index (χ2n) is 9.53. The summed E-state index contributed by atoms with van der Waals surface area (Å²) in [5, 5.41) is 17.5. The van der Waals surface area contributed by atoms with Crippen LogP contribution in [0.15, 0.2) is 58.3 Å². The Morgan fingerprint density at radius 2 is 1.74 bits per heavy atom. The Labute approximate surface area is 242 Å². The largest absolute Gasteiger partial charge is 0.495 e. The van der Waals surface area contributed by atoms with E-state index >= 15 is 0 Å². The first-order valence-electron chi connectivity index (χ1n) is 11.8. The van der Waals surface area contributed by atoms with Gasteiger partial charge in [0.15, 0.2) is 0 Å². The van der Waals surface area contributed by atoms with Gasteiger partial charge >= 0.3 is 5.97 Å². The normalized spacial score (nSPS) is 15.3.